The van der Waals surface area contributed by atoms with E-state index in [9.17, 15) is 9.59 Å². The number of carbonyl (C=O) groups excluding carboxylic acids is 2. The summed E-state index contributed by atoms with van der Waals surface area (Å²) in [7, 11) is 1.35. The minimum absolute atomic E-state index is 0.0219. The highest BCUT2D eigenvalue weighted by atomic mass is 16.7. The molecule has 0 saturated carbocycles. The molecule has 7 nitrogen and oxygen atoms in total. The Morgan fingerprint density at radius 1 is 1.21 bits per heavy atom. The molecule has 1 aromatic rings. The summed E-state index contributed by atoms with van der Waals surface area (Å²) in [5.74, 6) is -1.48. The van der Waals surface area contributed by atoms with E-state index in [1.54, 1.807) is 0 Å². The molecule has 0 radical (unpaired) electrons. The molecule has 0 aromatic heterocycles. The molecule has 1 aliphatic heterocycles. The highest BCUT2D eigenvalue weighted by Crippen LogP contribution is 2.29. The van der Waals surface area contributed by atoms with Gasteiger partial charge in [0, 0.05) is 12.6 Å². The van der Waals surface area contributed by atoms with Gasteiger partial charge in [0.15, 0.2) is 5.79 Å². The molecule has 7 heteroatoms. The van der Waals surface area contributed by atoms with Crippen molar-refractivity contribution in [2.45, 2.75) is 71.1 Å². The molecule has 2 rings (SSSR count). The molecule has 1 heterocycles. The Balaban J connectivity index is 2.28. The van der Waals surface area contributed by atoms with E-state index in [0.717, 1.165) is 5.56 Å². The van der Waals surface area contributed by atoms with Crippen molar-refractivity contribution in [1.82, 2.24) is 4.90 Å². The van der Waals surface area contributed by atoms with Gasteiger partial charge in [-0.15, -0.1) is 0 Å². The Bertz CT molecular complexity index is 682. The van der Waals surface area contributed by atoms with Crippen LogP contribution in [0.2, 0.25) is 0 Å². The molecule has 1 fully saturated rings. The Morgan fingerprint density at radius 2 is 1.86 bits per heavy atom. The third kappa shape index (κ3) is 7.76. The first-order valence-corrected chi connectivity index (χ1v) is 9.87. The lowest BCUT2D eigenvalue weighted by molar-refractivity contribution is -0.163. The SMILES string of the molecule is COC(=O)CC(C1COC(C)(C)O1)N(CC(=O)OC(C)(C)C)Cc1ccccc1. The number of carbonyl (C=O) groups is 2. The smallest absolute Gasteiger partial charge is 0.320 e. The quantitative estimate of drug-likeness (QED) is 0.614. The van der Waals surface area contributed by atoms with Crippen LogP contribution in [-0.2, 0) is 35.1 Å². The summed E-state index contributed by atoms with van der Waals surface area (Å²) >= 11 is 0. The lowest BCUT2D eigenvalue weighted by atomic mass is 10.0. The van der Waals surface area contributed by atoms with E-state index in [2.05, 4.69) is 0 Å². The van der Waals surface area contributed by atoms with Gasteiger partial charge in [-0.05, 0) is 40.2 Å². The van der Waals surface area contributed by atoms with E-state index in [0.29, 0.717) is 13.2 Å². The van der Waals surface area contributed by atoms with Crippen LogP contribution >= 0.6 is 0 Å². The fraction of sp³-hybridized carbons (Fsp3) is 0.636. The van der Waals surface area contributed by atoms with Gasteiger partial charge in [0.2, 0.25) is 0 Å². The molecule has 1 aromatic carbocycles. The Morgan fingerprint density at radius 3 is 2.38 bits per heavy atom. The third-order valence-corrected chi connectivity index (χ3v) is 4.51. The van der Waals surface area contributed by atoms with E-state index in [-0.39, 0.29) is 31.0 Å². The number of ether oxygens (including phenoxy) is 4. The van der Waals surface area contributed by atoms with E-state index in [4.69, 9.17) is 18.9 Å². The zero-order valence-corrected chi connectivity index (χ0v) is 18.3. The van der Waals surface area contributed by atoms with Gasteiger partial charge in [0.25, 0.3) is 0 Å². The first-order valence-electron chi connectivity index (χ1n) is 9.87. The summed E-state index contributed by atoms with van der Waals surface area (Å²) in [6, 6.07) is 9.37. The highest BCUT2D eigenvalue weighted by Gasteiger charge is 2.41. The van der Waals surface area contributed by atoms with Gasteiger partial charge in [0.05, 0.1) is 26.7 Å². The maximum Gasteiger partial charge on any atom is 0.320 e. The normalized spacial score (nSPS) is 19.8. The predicted molar refractivity (Wildman–Crippen MR) is 108 cm³/mol. The number of rotatable bonds is 8. The minimum Gasteiger partial charge on any atom is -0.469 e. The van der Waals surface area contributed by atoms with Crippen molar-refractivity contribution in [3.8, 4) is 0 Å². The van der Waals surface area contributed by atoms with Gasteiger partial charge in [-0.3, -0.25) is 14.5 Å². The van der Waals surface area contributed by atoms with Crippen molar-refractivity contribution in [2.75, 3.05) is 20.3 Å². The number of hydrogen-bond acceptors (Lipinski definition) is 7. The zero-order valence-electron chi connectivity index (χ0n) is 18.3. The second-order valence-electron chi connectivity index (χ2n) is 8.69. The fourth-order valence-corrected chi connectivity index (χ4v) is 3.30. The van der Waals surface area contributed by atoms with Crippen LogP contribution in [0.3, 0.4) is 0 Å². The van der Waals surface area contributed by atoms with E-state index in [1.807, 2.05) is 69.9 Å². The second kappa shape index (κ2) is 9.69. The maximum atomic E-state index is 12.6. The van der Waals surface area contributed by atoms with Gasteiger partial charge in [0.1, 0.15) is 11.7 Å². The molecule has 0 N–H and O–H groups in total. The molecule has 0 bridgehead atoms. The van der Waals surface area contributed by atoms with Crippen LogP contribution in [0.1, 0.15) is 46.6 Å². The topological polar surface area (TPSA) is 74.3 Å². The summed E-state index contributed by atoms with van der Waals surface area (Å²) in [5.41, 5.74) is 0.423. The maximum absolute atomic E-state index is 12.6. The molecule has 0 spiro atoms. The number of benzene rings is 1. The van der Waals surface area contributed by atoms with Crippen LogP contribution in [0.4, 0.5) is 0 Å². The summed E-state index contributed by atoms with van der Waals surface area (Å²) in [6.45, 7) is 9.96. The van der Waals surface area contributed by atoms with Crippen LogP contribution < -0.4 is 0 Å². The van der Waals surface area contributed by atoms with Crippen molar-refractivity contribution in [2.24, 2.45) is 0 Å². The first kappa shape index (κ1) is 23.3. The van der Waals surface area contributed by atoms with Crippen molar-refractivity contribution in [3.63, 3.8) is 0 Å². The average Bonchev–Trinajstić information content (AvgIpc) is 2.97. The molecule has 1 aliphatic rings. The van der Waals surface area contributed by atoms with E-state index >= 15 is 0 Å². The van der Waals surface area contributed by atoms with Crippen LogP contribution in [0.15, 0.2) is 30.3 Å². The van der Waals surface area contributed by atoms with Crippen molar-refractivity contribution >= 4 is 11.9 Å². The minimum atomic E-state index is -0.747. The average molecular weight is 408 g/mol. The van der Waals surface area contributed by atoms with Crippen molar-refractivity contribution in [3.05, 3.63) is 35.9 Å². The molecule has 0 aliphatic carbocycles. The van der Waals surface area contributed by atoms with Gasteiger partial charge in [-0.25, -0.2) is 0 Å². The second-order valence-corrected chi connectivity index (χ2v) is 8.69. The van der Waals surface area contributed by atoms with Gasteiger partial charge < -0.3 is 18.9 Å². The molecule has 2 unspecified atom stereocenters. The predicted octanol–water partition coefficient (Wildman–Crippen LogP) is 2.91. The summed E-state index contributed by atoms with van der Waals surface area (Å²) in [6.07, 6.45) is -0.300. The molecule has 162 valence electrons. The number of hydrogen-bond donors (Lipinski definition) is 0. The van der Waals surface area contributed by atoms with Gasteiger partial charge in [-0.1, -0.05) is 30.3 Å². The Kier molecular flexibility index (Phi) is 7.80. The lowest BCUT2D eigenvalue weighted by Gasteiger charge is -2.34. The van der Waals surface area contributed by atoms with Gasteiger partial charge in [-0.2, -0.15) is 0 Å². The van der Waals surface area contributed by atoms with Crippen LogP contribution in [0.25, 0.3) is 0 Å². The van der Waals surface area contributed by atoms with Crippen molar-refractivity contribution < 1.29 is 28.5 Å². The van der Waals surface area contributed by atoms with Crippen molar-refractivity contribution in [1.29, 1.82) is 0 Å². The van der Waals surface area contributed by atoms with Crippen LogP contribution in [0, 0.1) is 0 Å². The number of methoxy groups -OCH3 is 1. The largest absolute Gasteiger partial charge is 0.469 e. The number of esters is 2. The summed E-state index contributed by atoms with van der Waals surface area (Å²) in [4.78, 5) is 26.7. The third-order valence-electron chi connectivity index (χ3n) is 4.51. The molecule has 29 heavy (non-hydrogen) atoms. The summed E-state index contributed by atoms with van der Waals surface area (Å²) in [5, 5.41) is 0. The van der Waals surface area contributed by atoms with E-state index in [1.165, 1.54) is 7.11 Å². The summed E-state index contributed by atoms with van der Waals surface area (Å²) < 4.78 is 22.2. The molecular formula is C22H33NO6. The number of nitrogens with zero attached hydrogens (tertiary/aromatic N) is 1. The standard InChI is InChI=1S/C22H33NO6/c1-21(2,3)29-20(25)14-23(13-16-10-8-7-9-11-16)17(12-19(24)26-6)18-15-27-22(4,5)28-18/h7-11,17-18H,12-15H2,1-6H3. The highest BCUT2D eigenvalue weighted by molar-refractivity contribution is 5.73. The molecule has 1 saturated heterocycles. The lowest BCUT2D eigenvalue weighted by Crippen LogP contribution is -2.49. The Hall–Kier alpha value is -1.96. The van der Waals surface area contributed by atoms with Gasteiger partial charge >= 0.3 is 11.9 Å². The zero-order chi connectivity index (χ0) is 21.7. The monoisotopic (exact) mass is 407 g/mol. The Labute approximate surface area is 173 Å². The molecule has 2 atom stereocenters. The molecule has 0 amide bonds. The van der Waals surface area contributed by atoms with E-state index < -0.39 is 17.4 Å². The fourth-order valence-electron chi connectivity index (χ4n) is 3.30. The van der Waals surface area contributed by atoms with Crippen LogP contribution in [0.5, 0.6) is 0 Å². The molecular weight excluding hydrogens is 374 g/mol. The first-order chi connectivity index (χ1) is 13.5. The van der Waals surface area contributed by atoms with Crippen LogP contribution in [-0.4, -0.2) is 60.6 Å².